The van der Waals surface area contributed by atoms with E-state index in [-0.39, 0.29) is 6.04 Å². The fourth-order valence-corrected chi connectivity index (χ4v) is 5.02. The molecule has 4 N–H and O–H groups in total. The molecule has 0 fully saturated rings. The van der Waals surface area contributed by atoms with Gasteiger partial charge in [0.15, 0.2) is 0 Å². The van der Waals surface area contributed by atoms with Crippen LogP contribution in [0, 0.1) is 0 Å². The summed E-state index contributed by atoms with van der Waals surface area (Å²) in [4.78, 5) is 0.658. The second kappa shape index (κ2) is 10.0. The van der Waals surface area contributed by atoms with Crippen molar-refractivity contribution in [2.24, 2.45) is 0 Å². The van der Waals surface area contributed by atoms with E-state index in [4.69, 9.17) is 14.9 Å². The number of nitrogens with one attached hydrogen (secondary N) is 1. The molecule has 0 radical (unpaired) electrons. The molecule has 3 atom stereocenters. The van der Waals surface area contributed by atoms with Gasteiger partial charge in [0, 0.05) is 0 Å². The molecule has 22 heavy (non-hydrogen) atoms. The first-order valence-electron chi connectivity index (χ1n) is 8.02. The monoisotopic (exact) mass is 381 g/mol. The second-order valence-corrected chi connectivity index (χ2v) is 9.40. The molecule has 130 valence electrons. The summed E-state index contributed by atoms with van der Waals surface area (Å²) in [6, 6.07) is 0.0366. The fraction of sp³-hybridized carbons (Fsp3) is 0.875. The summed E-state index contributed by atoms with van der Waals surface area (Å²) < 4.78 is 5.48. The average molecular weight is 380 g/mol. The molecule has 5 nitrogen and oxygen atoms in total. The van der Waals surface area contributed by atoms with Crippen LogP contribution in [0.5, 0.6) is 0 Å². The zero-order valence-electron chi connectivity index (χ0n) is 13.9. The van der Waals surface area contributed by atoms with Gasteiger partial charge in [-0.05, 0) is 0 Å². The first kappa shape index (κ1) is 20.1. The predicted octanol–water partition coefficient (Wildman–Crippen LogP) is 1.78. The van der Waals surface area contributed by atoms with E-state index in [0.29, 0.717) is 32.6 Å². The van der Waals surface area contributed by atoms with Crippen molar-refractivity contribution in [1.29, 1.82) is 0 Å². The summed E-state index contributed by atoms with van der Waals surface area (Å²) >= 11 is 0.441. The normalized spacial score (nSPS) is 22.0. The average Bonchev–Trinajstić information content (AvgIpc) is 2.41. The van der Waals surface area contributed by atoms with Gasteiger partial charge in [0.2, 0.25) is 0 Å². The number of ether oxygens (including phenoxy) is 1. The summed E-state index contributed by atoms with van der Waals surface area (Å²) in [5.41, 5.74) is -0.426. The van der Waals surface area contributed by atoms with Crippen LogP contribution in [0.25, 0.3) is 0 Å². The Bertz CT molecular complexity index is 331. The van der Waals surface area contributed by atoms with Crippen LogP contribution in [-0.2, 0) is 4.74 Å². The molecular weight excluding hydrogens is 349 g/mol. The molecule has 0 amide bonds. The summed E-state index contributed by atoms with van der Waals surface area (Å²) in [5, 5.41) is 32.1. The molecule has 0 aromatic heterocycles. The Morgan fingerprint density at radius 2 is 2.00 bits per heavy atom. The van der Waals surface area contributed by atoms with Crippen LogP contribution >= 0.6 is 0 Å². The second-order valence-electron chi connectivity index (χ2n) is 6.73. The van der Waals surface area contributed by atoms with Crippen molar-refractivity contribution < 1.29 is 20.1 Å². The van der Waals surface area contributed by atoms with Crippen LogP contribution in [-0.4, -0.2) is 54.6 Å². The van der Waals surface area contributed by atoms with Crippen molar-refractivity contribution in [2.45, 2.75) is 87.4 Å². The maximum atomic E-state index is 9.99. The third-order valence-corrected chi connectivity index (χ3v) is 6.31. The SMILES string of the molecule is CC(C)(C)O[C@H](O)N[C@H](CCC(O)O)C[Se][C@@H]1C=CCCC1. The number of allylic oxidation sites excluding steroid dienone is 2. The molecule has 0 unspecified atom stereocenters. The van der Waals surface area contributed by atoms with E-state index in [1.807, 2.05) is 20.8 Å². The minimum absolute atomic E-state index is 0.0366. The summed E-state index contributed by atoms with van der Waals surface area (Å²) in [7, 11) is 0. The van der Waals surface area contributed by atoms with Gasteiger partial charge in [0.05, 0.1) is 0 Å². The van der Waals surface area contributed by atoms with Crippen LogP contribution in [0.4, 0.5) is 0 Å². The maximum absolute atomic E-state index is 9.99. The Hall–Kier alpha value is 0.0595. The van der Waals surface area contributed by atoms with E-state index in [2.05, 4.69) is 17.5 Å². The Balaban J connectivity index is 2.43. The molecular formula is C16H31NO4Se. The first-order valence-corrected chi connectivity index (χ1v) is 10.2. The number of hydrogen-bond acceptors (Lipinski definition) is 5. The van der Waals surface area contributed by atoms with Crippen LogP contribution in [0.1, 0.15) is 52.9 Å². The van der Waals surface area contributed by atoms with Crippen molar-refractivity contribution in [3.05, 3.63) is 12.2 Å². The van der Waals surface area contributed by atoms with Crippen LogP contribution < -0.4 is 5.32 Å². The van der Waals surface area contributed by atoms with Gasteiger partial charge in [-0.25, -0.2) is 0 Å². The minimum atomic E-state index is -1.30. The topological polar surface area (TPSA) is 82.0 Å². The van der Waals surface area contributed by atoms with E-state index < -0.39 is 18.3 Å². The summed E-state index contributed by atoms with van der Waals surface area (Å²) in [6.07, 6.45) is 6.83. The van der Waals surface area contributed by atoms with Crippen molar-refractivity contribution in [1.82, 2.24) is 5.32 Å². The molecule has 1 rings (SSSR count). The van der Waals surface area contributed by atoms with Crippen molar-refractivity contribution >= 4 is 15.0 Å². The molecule has 0 heterocycles. The van der Waals surface area contributed by atoms with Crippen LogP contribution in [0.3, 0.4) is 0 Å². The molecule has 0 aromatic carbocycles. The number of aliphatic hydroxyl groups is 3. The predicted molar refractivity (Wildman–Crippen MR) is 88.5 cm³/mol. The van der Waals surface area contributed by atoms with E-state index >= 15 is 0 Å². The van der Waals surface area contributed by atoms with E-state index in [1.165, 1.54) is 19.3 Å². The molecule has 6 heteroatoms. The standard InChI is InChI=1S/C16H31NO4Se/c1-16(2,3)21-15(20)17-12(9-10-14(18)19)11-22-13-7-5-4-6-8-13/h5,7,12-15,17-20H,4,6,8-11H2,1-3H3/t12-,13-,15+/m1/s1. The molecule has 0 spiro atoms. The zero-order valence-corrected chi connectivity index (χ0v) is 15.6. The zero-order chi connectivity index (χ0) is 16.6. The molecule has 0 aromatic rings. The molecule has 0 saturated carbocycles. The van der Waals surface area contributed by atoms with Gasteiger partial charge >= 0.3 is 140 Å². The molecule has 1 aliphatic rings. The van der Waals surface area contributed by atoms with Crippen LogP contribution in [0.2, 0.25) is 10.1 Å². The molecule has 1 aliphatic carbocycles. The van der Waals surface area contributed by atoms with Gasteiger partial charge in [-0.3, -0.25) is 0 Å². The molecule has 0 aliphatic heterocycles. The van der Waals surface area contributed by atoms with E-state index in [9.17, 15) is 5.11 Å². The van der Waals surface area contributed by atoms with Crippen LogP contribution in [0.15, 0.2) is 12.2 Å². The summed E-state index contributed by atoms with van der Waals surface area (Å²) in [5.74, 6) is 0. The number of aliphatic hydroxyl groups excluding tert-OH is 2. The van der Waals surface area contributed by atoms with Crippen molar-refractivity contribution in [2.75, 3.05) is 0 Å². The first-order chi connectivity index (χ1) is 10.3. The van der Waals surface area contributed by atoms with Gasteiger partial charge in [0.25, 0.3) is 0 Å². The van der Waals surface area contributed by atoms with Gasteiger partial charge in [-0.15, -0.1) is 0 Å². The Morgan fingerprint density at radius 3 is 2.55 bits per heavy atom. The summed E-state index contributed by atoms with van der Waals surface area (Å²) in [6.45, 7) is 5.67. The van der Waals surface area contributed by atoms with Gasteiger partial charge < -0.3 is 0 Å². The van der Waals surface area contributed by atoms with Gasteiger partial charge in [-0.2, -0.15) is 0 Å². The van der Waals surface area contributed by atoms with Crippen molar-refractivity contribution in [3.63, 3.8) is 0 Å². The third kappa shape index (κ3) is 9.95. The Kier molecular flexibility index (Phi) is 9.17. The van der Waals surface area contributed by atoms with E-state index in [0.717, 1.165) is 5.32 Å². The van der Waals surface area contributed by atoms with Gasteiger partial charge in [-0.1, -0.05) is 0 Å². The molecule has 0 bridgehead atoms. The Morgan fingerprint density at radius 1 is 1.27 bits per heavy atom. The van der Waals surface area contributed by atoms with E-state index in [1.54, 1.807) is 0 Å². The number of hydrogen-bond donors (Lipinski definition) is 4. The Labute approximate surface area is 140 Å². The van der Waals surface area contributed by atoms with Gasteiger partial charge in [0.1, 0.15) is 0 Å². The molecule has 0 saturated heterocycles. The third-order valence-electron chi connectivity index (χ3n) is 3.34. The quantitative estimate of drug-likeness (QED) is 0.279. The van der Waals surface area contributed by atoms with Crippen molar-refractivity contribution in [3.8, 4) is 0 Å². The number of rotatable bonds is 9. The fourth-order valence-electron chi connectivity index (χ4n) is 2.30.